The fourth-order valence-corrected chi connectivity index (χ4v) is 3.70. The first-order chi connectivity index (χ1) is 12.0. The normalized spacial score (nSPS) is 10.8. The van der Waals surface area contributed by atoms with Gasteiger partial charge in [0.15, 0.2) is 11.0 Å². The van der Waals surface area contributed by atoms with E-state index in [1.165, 1.54) is 44.7 Å². The zero-order valence-electron chi connectivity index (χ0n) is 15.6. The fraction of sp³-hybridized carbons (Fsp3) is 0.174. The molecule has 0 spiro atoms. The van der Waals surface area contributed by atoms with Crippen LogP contribution in [-0.4, -0.2) is 4.57 Å². The highest BCUT2D eigenvalue weighted by atomic mass is 35.5. The van der Waals surface area contributed by atoms with Gasteiger partial charge in [0.1, 0.15) is 11.4 Å². The Balaban J connectivity index is 0.00000196. The van der Waals surface area contributed by atoms with E-state index in [-0.39, 0.29) is 12.4 Å². The number of rotatable bonds is 2. The average Bonchev–Trinajstić information content (AvgIpc) is 2.93. The maximum atomic E-state index is 2.28. The smallest absolute Gasteiger partial charge is 0.255 e. The Morgan fingerprint density at radius 3 is 1.85 bits per heavy atom. The molecule has 0 saturated carbocycles. The van der Waals surface area contributed by atoms with E-state index in [0.717, 1.165) is 0 Å². The van der Waals surface area contributed by atoms with Crippen molar-refractivity contribution < 1.29 is 17.0 Å². The van der Waals surface area contributed by atoms with E-state index in [9.17, 15) is 0 Å². The van der Waals surface area contributed by atoms with Gasteiger partial charge >= 0.3 is 0 Å². The molecule has 4 rings (SSSR count). The average molecular weight is 363 g/mol. The topological polar surface area (TPSA) is 8.81 Å². The van der Waals surface area contributed by atoms with Gasteiger partial charge in [-0.3, -0.25) is 0 Å². The van der Waals surface area contributed by atoms with Crippen molar-refractivity contribution in [3.8, 4) is 11.4 Å². The first-order valence-corrected chi connectivity index (χ1v) is 8.70. The molecule has 0 aliphatic carbocycles. The molecule has 0 bridgehead atoms. The number of fused-ring (bicyclic) bond motifs is 1. The summed E-state index contributed by atoms with van der Waals surface area (Å²) >= 11 is 0. The van der Waals surface area contributed by atoms with Gasteiger partial charge < -0.3 is 12.4 Å². The summed E-state index contributed by atoms with van der Waals surface area (Å²) in [4.78, 5) is 0. The lowest BCUT2D eigenvalue weighted by atomic mass is 10.1. The number of hydrogen-bond donors (Lipinski definition) is 0. The van der Waals surface area contributed by atoms with Crippen LogP contribution in [0.5, 0.6) is 0 Å². The number of aryl methyl sites for hydroxylation is 4. The second kappa shape index (κ2) is 6.97. The lowest BCUT2D eigenvalue weighted by molar-refractivity contribution is -0.567. The number of aromatic nitrogens is 2. The summed E-state index contributed by atoms with van der Waals surface area (Å²) in [6, 6.07) is 22.0. The van der Waals surface area contributed by atoms with Crippen LogP contribution in [0.3, 0.4) is 0 Å². The summed E-state index contributed by atoms with van der Waals surface area (Å²) in [5.41, 5.74) is 9.97. The van der Waals surface area contributed by atoms with Crippen molar-refractivity contribution in [3.05, 3.63) is 89.2 Å². The molecule has 0 fully saturated rings. The standard InChI is InChI=1S/C23H23N2.ClH/c1-16-9-17(2)12-20(11-16)24-15-25(23-8-6-5-7-22(23)24)21-13-18(3)10-19(4)14-21;/h5-15H,1-4H3;1H/q+1;/p-1. The van der Waals surface area contributed by atoms with Crippen molar-refractivity contribution in [2.24, 2.45) is 0 Å². The highest BCUT2D eigenvalue weighted by Crippen LogP contribution is 2.21. The minimum absolute atomic E-state index is 0. The van der Waals surface area contributed by atoms with Crippen LogP contribution in [0.25, 0.3) is 22.4 Å². The molecule has 0 aliphatic rings. The van der Waals surface area contributed by atoms with Gasteiger partial charge in [0.05, 0.1) is 0 Å². The van der Waals surface area contributed by atoms with Crippen LogP contribution >= 0.6 is 0 Å². The van der Waals surface area contributed by atoms with Gasteiger partial charge in [-0.1, -0.05) is 24.3 Å². The Kier molecular flexibility index (Phi) is 4.88. The van der Waals surface area contributed by atoms with E-state index >= 15 is 0 Å². The second-order valence-electron chi connectivity index (χ2n) is 7.04. The number of halogens is 1. The molecule has 0 amide bonds. The summed E-state index contributed by atoms with van der Waals surface area (Å²) < 4.78 is 4.57. The van der Waals surface area contributed by atoms with Gasteiger partial charge in [0.25, 0.3) is 6.33 Å². The molecule has 0 unspecified atom stereocenters. The highest BCUT2D eigenvalue weighted by molar-refractivity contribution is 5.74. The first kappa shape index (κ1) is 18.2. The van der Waals surface area contributed by atoms with E-state index < -0.39 is 0 Å². The first-order valence-electron chi connectivity index (χ1n) is 8.70. The molecule has 132 valence electrons. The summed E-state index contributed by atoms with van der Waals surface area (Å²) in [5.74, 6) is 0. The number of para-hydroxylation sites is 2. The fourth-order valence-electron chi connectivity index (χ4n) is 3.70. The molecule has 0 aliphatic heterocycles. The number of hydrogen-bond acceptors (Lipinski definition) is 0. The lowest BCUT2D eigenvalue weighted by Crippen LogP contribution is -3.00. The Bertz CT molecular complexity index is 967. The third-order valence-electron chi connectivity index (χ3n) is 4.60. The Labute approximate surface area is 161 Å². The maximum absolute atomic E-state index is 2.28. The molecular weight excluding hydrogens is 340 g/mol. The van der Waals surface area contributed by atoms with Crippen LogP contribution in [0.4, 0.5) is 0 Å². The van der Waals surface area contributed by atoms with Crippen LogP contribution in [0, 0.1) is 27.7 Å². The molecule has 0 N–H and O–H groups in total. The predicted octanol–water partition coefficient (Wildman–Crippen LogP) is 2.14. The molecule has 2 nitrogen and oxygen atoms in total. The second-order valence-corrected chi connectivity index (χ2v) is 7.04. The zero-order chi connectivity index (χ0) is 17.6. The molecule has 26 heavy (non-hydrogen) atoms. The Morgan fingerprint density at radius 2 is 1.23 bits per heavy atom. The third-order valence-corrected chi connectivity index (χ3v) is 4.60. The largest absolute Gasteiger partial charge is 1.00 e. The quantitative estimate of drug-likeness (QED) is 0.483. The van der Waals surface area contributed by atoms with Crippen molar-refractivity contribution in [1.82, 2.24) is 4.57 Å². The minimum atomic E-state index is 0. The van der Waals surface area contributed by atoms with Crippen molar-refractivity contribution in [1.29, 1.82) is 0 Å². The summed E-state index contributed by atoms with van der Waals surface area (Å²) in [5, 5.41) is 0. The van der Waals surface area contributed by atoms with Gasteiger partial charge in [-0.15, -0.1) is 0 Å². The van der Waals surface area contributed by atoms with Crippen molar-refractivity contribution >= 4 is 11.0 Å². The van der Waals surface area contributed by atoms with E-state index in [2.05, 4.69) is 104 Å². The van der Waals surface area contributed by atoms with Crippen LogP contribution in [-0.2, 0) is 0 Å². The van der Waals surface area contributed by atoms with E-state index in [1.807, 2.05) is 0 Å². The molecular formula is C23H23ClN2. The Morgan fingerprint density at radius 1 is 0.692 bits per heavy atom. The molecule has 4 aromatic rings. The van der Waals surface area contributed by atoms with Crippen LogP contribution in [0.15, 0.2) is 67.0 Å². The molecule has 1 heterocycles. The van der Waals surface area contributed by atoms with Gasteiger partial charge in [0, 0.05) is 0 Å². The van der Waals surface area contributed by atoms with Crippen LogP contribution < -0.4 is 17.0 Å². The minimum Gasteiger partial charge on any atom is -1.00 e. The van der Waals surface area contributed by atoms with Gasteiger partial charge in [-0.2, -0.15) is 9.13 Å². The molecule has 0 atom stereocenters. The van der Waals surface area contributed by atoms with Crippen molar-refractivity contribution in [2.45, 2.75) is 27.7 Å². The van der Waals surface area contributed by atoms with E-state index in [1.54, 1.807) is 0 Å². The summed E-state index contributed by atoms with van der Waals surface area (Å²) in [6.07, 6.45) is 2.20. The summed E-state index contributed by atoms with van der Waals surface area (Å²) in [6.45, 7) is 8.61. The molecule has 0 radical (unpaired) electrons. The van der Waals surface area contributed by atoms with Crippen LogP contribution in [0.2, 0.25) is 0 Å². The monoisotopic (exact) mass is 362 g/mol. The molecule has 3 heteroatoms. The zero-order valence-corrected chi connectivity index (χ0v) is 16.4. The molecule has 1 aromatic heterocycles. The third kappa shape index (κ3) is 3.25. The lowest BCUT2D eigenvalue weighted by Gasteiger charge is -2.02. The van der Waals surface area contributed by atoms with Gasteiger partial charge in [0.2, 0.25) is 0 Å². The molecule has 3 aromatic carbocycles. The predicted molar refractivity (Wildman–Crippen MR) is 104 cm³/mol. The number of imidazole rings is 1. The highest BCUT2D eigenvalue weighted by Gasteiger charge is 2.19. The van der Waals surface area contributed by atoms with E-state index in [0.29, 0.717) is 0 Å². The SMILES string of the molecule is Cc1cc(C)cc(-n2c[n+](-c3cc(C)cc(C)c3)c3ccccc32)c1.[Cl-]. The van der Waals surface area contributed by atoms with Crippen LogP contribution in [0.1, 0.15) is 22.3 Å². The maximum Gasteiger partial charge on any atom is 0.255 e. The Hall–Kier alpha value is -2.58. The molecule has 0 saturated heterocycles. The van der Waals surface area contributed by atoms with Crippen molar-refractivity contribution in [3.63, 3.8) is 0 Å². The van der Waals surface area contributed by atoms with Gasteiger partial charge in [-0.25, -0.2) is 0 Å². The van der Waals surface area contributed by atoms with Gasteiger partial charge in [-0.05, 0) is 86.3 Å². The summed E-state index contributed by atoms with van der Waals surface area (Å²) in [7, 11) is 0. The number of benzene rings is 3. The number of nitrogens with zero attached hydrogens (tertiary/aromatic N) is 2. The van der Waals surface area contributed by atoms with Crippen molar-refractivity contribution in [2.75, 3.05) is 0 Å². The van der Waals surface area contributed by atoms with E-state index in [4.69, 9.17) is 0 Å².